The van der Waals surface area contributed by atoms with E-state index in [1.54, 1.807) is 12.1 Å². The molecule has 102 valence electrons. The lowest BCUT2D eigenvalue weighted by Gasteiger charge is -2.42. The summed E-state index contributed by atoms with van der Waals surface area (Å²) in [7, 11) is 0. The Hall–Kier alpha value is -1.06. The summed E-state index contributed by atoms with van der Waals surface area (Å²) in [6, 6.07) is 7.38. The Balaban J connectivity index is 2.74. The van der Waals surface area contributed by atoms with E-state index in [2.05, 4.69) is 32.6 Å². The van der Waals surface area contributed by atoms with E-state index < -0.39 is 0 Å². The van der Waals surface area contributed by atoms with E-state index in [9.17, 15) is 5.11 Å². The van der Waals surface area contributed by atoms with Crippen molar-refractivity contribution < 1.29 is 5.11 Å². The molecule has 1 aromatic rings. The Morgan fingerprint density at radius 2 is 1.67 bits per heavy atom. The van der Waals surface area contributed by atoms with Gasteiger partial charge in [0.25, 0.3) is 0 Å². The molecule has 0 fully saturated rings. The molecular weight excluding hydrogens is 224 g/mol. The van der Waals surface area contributed by atoms with Crippen LogP contribution in [0.15, 0.2) is 24.3 Å². The van der Waals surface area contributed by atoms with Crippen LogP contribution in [-0.2, 0) is 6.42 Å². The minimum absolute atomic E-state index is 0.0264. The van der Waals surface area contributed by atoms with Crippen LogP contribution in [0.5, 0.6) is 5.75 Å². The van der Waals surface area contributed by atoms with Gasteiger partial charge in [-0.05, 0) is 51.1 Å². The topological polar surface area (TPSA) is 49.5 Å². The van der Waals surface area contributed by atoms with Crippen molar-refractivity contribution in [2.24, 2.45) is 5.73 Å². The van der Waals surface area contributed by atoms with Crippen LogP contribution in [0.4, 0.5) is 0 Å². The highest BCUT2D eigenvalue weighted by Crippen LogP contribution is 2.21. The second-order valence-electron chi connectivity index (χ2n) is 5.30. The molecule has 0 spiro atoms. The lowest BCUT2D eigenvalue weighted by molar-refractivity contribution is 0.106. The fourth-order valence-electron chi connectivity index (χ4n) is 2.41. The quantitative estimate of drug-likeness (QED) is 0.815. The molecule has 0 amide bonds. The van der Waals surface area contributed by atoms with Crippen LogP contribution < -0.4 is 5.73 Å². The van der Waals surface area contributed by atoms with Gasteiger partial charge in [-0.3, -0.25) is 4.90 Å². The highest BCUT2D eigenvalue weighted by Gasteiger charge is 2.31. The summed E-state index contributed by atoms with van der Waals surface area (Å²) < 4.78 is 0. The van der Waals surface area contributed by atoms with E-state index in [-0.39, 0.29) is 11.6 Å². The highest BCUT2D eigenvalue weighted by molar-refractivity contribution is 5.26. The number of rotatable bonds is 6. The maximum absolute atomic E-state index is 9.28. The number of hydrogen-bond donors (Lipinski definition) is 2. The third kappa shape index (κ3) is 3.47. The van der Waals surface area contributed by atoms with Crippen molar-refractivity contribution in [2.75, 3.05) is 13.1 Å². The molecule has 0 bridgehead atoms. The molecule has 1 atom stereocenters. The van der Waals surface area contributed by atoms with E-state index in [4.69, 9.17) is 5.73 Å². The Kier molecular flexibility index (Phi) is 5.17. The lowest BCUT2D eigenvalue weighted by atomic mass is 9.88. The van der Waals surface area contributed by atoms with Gasteiger partial charge in [-0.25, -0.2) is 0 Å². The average molecular weight is 250 g/mol. The van der Waals surface area contributed by atoms with Crippen molar-refractivity contribution in [2.45, 2.75) is 45.7 Å². The van der Waals surface area contributed by atoms with Crippen molar-refractivity contribution in [3.8, 4) is 5.75 Å². The van der Waals surface area contributed by atoms with Crippen molar-refractivity contribution in [3.63, 3.8) is 0 Å². The molecule has 1 aromatic carbocycles. The number of phenolic OH excluding ortho intramolecular Hbond substituents is 1. The maximum atomic E-state index is 9.28. The molecule has 3 nitrogen and oxygen atoms in total. The highest BCUT2D eigenvalue weighted by atomic mass is 16.3. The van der Waals surface area contributed by atoms with E-state index in [1.807, 2.05) is 12.1 Å². The Morgan fingerprint density at radius 3 is 2.11 bits per heavy atom. The van der Waals surface area contributed by atoms with Crippen LogP contribution in [0.2, 0.25) is 0 Å². The van der Waals surface area contributed by atoms with Crippen LogP contribution in [-0.4, -0.2) is 34.7 Å². The number of benzene rings is 1. The maximum Gasteiger partial charge on any atom is 0.115 e. The Bertz CT molecular complexity index is 355. The zero-order valence-electron chi connectivity index (χ0n) is 12.0. The van der Waals surface area contributed by atoms with Gasteiger partial charge >= 0.3 is 0 Å². The monoisotopic (exact) mass is 250 g/mol. The van der Waals surface area contributed by atoms with Crippen molar-refractivity contribution in [3.05, 3.63) is 29.8 Å². The van der Waals surface area contributed by atoms with Gasteiger partial charge in [0.15, 0.2) is 0 Å². The number of likely N-dealkylation sites (N-methyl/N-ethyl adjacent to an activating group) is 1. The van der Waals surface area contributed by atoms with Gasteiger partial charge in [0.05, 0.1) is 0 Å². The average Bonchev–Trinajstić information content (AvgIpc) is 2.33. The van der Waals surface area contributed by atoms with Gasteiger partial charge in [0.1, 0.15) is 5.75 Å². The molecule has 0 heterocycles. The van der Waals surface area contributed by atoms with Crippen LogP contribution >= 0.6 is 0 Å². The Morgan fingerprint density at radius 1 is 1.17 bits per heavy atom. The van der Waals surface area contributed by atoms with Crippen molar-refractivity contribution in [1.82, 2.24) is 4.90 Å². The van der Waals surface area contributed by atoms with Crippen molar-refractivity contribution in [1.29, 1.82) is 0 Å². The number of nitrogens with zero attached hydrogens (tertiary/aromatic N) is 1. The zero-order valence-corrected chi connectivity index (χ0v) is 12.0. The molecule has 3 N–H and O–H groups in total. The van der Waals surface area contributed by atoms with Gasteiger partial charge in [-0.2, -0.15) is 0 Å². The molecule has 3 heteroatoms. The SMILES string of the molecule is CCN(CC)C(C)(C)C(N)Cc1ccc(O)cc1. The summed E-state index contributed by atoms with van der Waals surface area (Å²) in [5, 5.41) is 9.28. The first-order valence-electron chi connectivity index (χ1n) is 6.70. The second kappa shape index (κ2) is 6.21. The number of hydrogen-bond acceptors (Lipinski definition) is 3. The largest absolute Gasteiger partial charge is 0.508 e. The van der Waals surface area contributed by atoms with Gasteiger partial charge in [-0.15, -0.1) is 0 Å². The van der Waals surface area contributed by atoms with E-state index >= 15 is 0 Å². The molecule has 1 rings (SSSR count). The third-order valence-electron chi connectivity index (χ3n) is 3.88. The lowest BCUT2D eigenvalue weighted by Crippen LogP contribution is -2.56. The van der Waals surface area contributed by atoms with E-state index in [0.29, 0.717) is 5.75 Å². The first-order valence-corrected chi connectivity index (χ1v) is 6.70. The van der Waals surface area contributed by atoms with Gasteiger partial charge < -0.3 is 10.8 Å². The molecule has 1 unspecified atom stereocenters. The minimum atomic E-state index is -0.0264. The zero-order chi connectivity index (χ0) is 13.8. The first kappa shape index (κ1) is 15.0. The Labute approximate surface area is 111 Å². The molecule has 0 saturated heterocycles. The molecule has 0 aliphatic heterocycles. The normalized spacial score (nSPS) is 13.9. The summed E-state index contributed by atoms with van der Waals surface area (Å²) in [5.74, 6) is 0.301. The summed E-state index contributed by atoms with van der Waals surface area (Å²) in [6.07, 6.45) is 0.823. The molecule has 0 aromatic heterocycles. The van der Waals surface area contributed by atoms with Crippen LogP contribution in [0.3, 0.4) is 0 Å². The fraction of sp³-hybridized carbons (Fsp3) is 0.600. The van der Waals surface area contributed by atoms with Crippen LogP contribution in [0.1, 0.15) is 33.3 Å². The molecule has 18 heavy (non-hydrogen) atoms. The van der Waals surface area contributed by atoms with Crippen LogP contribution in [0.25, 0.3) is 0 Å². The predicted molar refractivity (Wildman–Crippen MR) is 76.8 cm³/mol. The summed E-state index contributed by atoms with van der Waals surface area (Å²) in [6.45, 7) is 10.7. The van der Waals surface area contributed by atoms with E-state index in [0.717, 1.165) is 19.5 Å². The molecule has 0 aliphatic carbocycles. The second-order valence-corrected chi connectivity index (χ2v) is 5.30. The molecule has 0 saturated carbocycles. The molecule has 0 aliphatic rings. The molecular formula is C15H26N2O. The van der Waals surface area contributed by atoms with Gasteiger partial charge in [0, 0.05) is 11.6 Å². The summed E-state index contributed by atoms with van der Waals surface area (Å²) in [4.78, 5) is 2.39. The van der Waals surface area contributed by atoms with Crippen molar-refractivity contribution >= 4 is 0 Å². The predicted octanol–water partition coefficient (Wildman–Crippen LogP) is 2.38. The van der Waals surface area contributed by atoms with Gasteiger partial charge in [-0.1, -0.05) is 26.0 Å². The van der Waals surface area contributed by atoms with Crippen LogP contribution in [0, 0.1) is 0 Å². The summed E-state index contributed by atoms with van der Waals surface area (Å²) >= 11 is 0. The first-order chi connectivity index (χ1) is 8.41. The number of phenols is 1. The standard InChI is InChI=1S/C15H26N2O/c1-5-17(6-2)15(3,4)14(16)11-12-7-9-13(18)10-8-12/h7-10,14,18H,5-6,11,16H2,1-4H3. The van der Waals surface area contributed by atoms with E-state index in [1.165, 1.54) is 5.56 Å². The number of aromatic hydroxyl groups is 1. The summed E-state index contributed by atoms with van der Waals surface area (Å²) in [5.41, 5.74) is 7.51. The molecule has 0 radical (unpaired) electrons. The van der Waals surface area contributed by atoms with Gasteiger partial charge in [0.2, 0.25) is 0 Å². The fourth-order valence-corrected chi connectivity index (χ4v) is 2.41. The third-order valence-corrected chi connectivity index (χ3v) is 3.88. The number of nitrogens with two attached hydrogens (primary N) is 1. The minimum Gasteiger partial charge on any atom is -0.508 e. The smallest absolute Gasteiger partial charge is 0.115 e.